The summed E-state index contributed by atoms with van der Waals surface area (Å²) in [6, 6.07) is 5.21. The largest absolute Gasteiger partial charge is 0.478 e. The molecule has 0 radical (unpaired) electrons. The molecule has 0 unspecified atom stereocenters. The molecule has 1 heterocycles. The number of rotatable bonds is 5. The minimum atomic E-state index is -0.880. The van der Waals surface area contributed by atoms with Crippen LogP contribution in [0.15, 0.2) is 18.2 Å². The van der Waals surface area contributed by atoms with Gasteiger partial charge in [0.05, 0.1) is 16.6 Å². The zero-order chi connectivity index (χ0) is 14.3. The Balaban J connectivity index is 2.11. The third kappa shape index (κ3) is 2.09. The van der Waals surface area contributed by atoms with E-state index in [-0.39, 0.29) is 0 Å². The lowest BCUT2D eigenvalue weighted by Gasteiger charge is -2.16. The lowest BCUT2D eigenvalue weighted by molar-refractivity contribution is 0.0697. The van der Waals surface area contributed by atoms with E-state index in [0.717, 1.165) is 29.8 Å². The van der Waals surface area contributed by atoms with Gasteiger partial charge in [0, 0.05) is 13.0 Å². The van der Waals surface area contributed by atoms with Gasteiger partial charge in [0.2, 0.25) is 0 Å². The summed E-state index contributed by atoms with van der Waals surface area (Å²) in [6.07, 6.45) is 4.58. The molecule has 106 valence electrons. The van der Waals surface area contributed by atoms with Crippen LogP contribution < -0.4 is 0 Å². The molecular formula is C16H20N2O2. The fourth-order valence-corrected chi connectivity index (χ4v) is 2.89. The van der Waals surface area contributed by atoms with Crippen molar-refractivity contribution in [3.8, 4) is 0 Å². The molecule has 1 N–H and O–H groups in total. The van der Waals surface area contributed by atoms with Crippen molar-refractivity contribution in [2.24, 2.45) is 5.41 Å². The zero-order valence-corrected chi connectivity index (χ0v) is 12.0. The number of hydrogen-bond donors (Lipinski definition) is 1. The lowest BCUT2D eigenvalue weighted by atomic mass is 10.0. The maximum absolute atomic E-state index is 11.2. The van der Waals surface area contributed by atoms with Crippen LogP contribution in [-0.4, -0.2) is 20.6 Å². The summed E-state index contributed by atoms with van der Waals surface area (Å²) < 4.78 is 2.23. The van der Waals surface area contributed by atoms with E-state index in [9.17, 15) is 4.79 Å². The summed E-state index contributed by atoms with van der Waals surface area (Å²) in [7, 11) is 0. The Morgan fingerprint density at radius 3 is 2.70 bits per heavy atom. The van der Waals surface area contributed by atoms with Gasteiger partial charge < -0.3 is 9.67 Å². The number of nitrogens with zero attached hydrogens (tertiary/aromatic N) is 2. The minimum Gasteiger partial charge on any atom is -0.478 e. The number of hydrogen-bond acceptors (Lipinski definition) is 2. The van der Waals surface area contributed by atoms with Crippen molar-refractivity contribution in [1.29, 1.82) is 0 Å². The van der Waals surface area contributed by atoms with Gasteiger partial charge in [0.15, 0.2) is 0 Å². The average molecular weight is 272 g/mol. The van der Waals surface area contributed by atoms with Gasteiger partial charge in [0.25, 0.3) is 0 Å². The predicted octanol–water partition coefficient (Wildman–Crippen LogP) is 3.49. The van der Waals surface area contributed by atoms with E-state index in [1.165, 1.54) is 19.3 Å². The van der Waals surface area contributed by atoms with Crippen molar-refractivity contribution in [2.45, 2.75) is 46.1 Å². The number of aryl methyl sites for hydroxylation is 1. The molecule has 4 nitrogen and oxygen atoms in total. The first-order valence-electron chi connectivity index (χ1n) is 7.31. The van der Waals surface area contributed by atoms with Gasteiger partial charge in [-0.3, -0.25) is 0 Å². The second-order valence-corrected chi connectivity index (χ2v) is 5.83. The van der Waals surface area contributed by atoms with Crippen LogP contribution in [0.2, 0.25) is 0 Å². The van der Waals surface area contributed by atoms with E-state index in [1.807, 2.05) is 6.07 Å². The Bertz CT molecular complexity index is 668. The second-order valence-electron chi connectivity index (χ2n) is 5.83. The molecule has 1 aromatic carbocycles. The summed E-state index contributed by atoms with van der Waals surface area (Å²) in [6.45, 7) is 5.30. The summed E-state index contributed by atoms with van der Waals surface area (Å²) in [5, 5.41) is 9.16. The molecule has 0 spiro atoms. The van der Waals surface area contributed by atoms with E-state index < -0.39 is 5.97 Å². The number of aromatic carboxylic acids is 1. The molecule has 2 aromatic rings. The molecule has 0 bridgehead atoms. The molecule has 1 saturated carbocycles. The Hall–Kier alpha value is -1.84. The smallest absolute Gasteiger partial charge is 0.335 e. The third-order valence-corrected chi connectivity index (χ3v) is 4.59. The molecule has 3 rings (SSSR count). The molecule has 1 aliphatic rings. The molecule has 0 amide bonds. The molecule has 1 fully saturated rings. The normalized spacial score (nSPS) is 16.5. The number of benzene rings is 1. The van der Waals surface area contributed by atoms with Crippen molar-refractivity contribution < 1.29 is 9.90 Å². The molecule has 20 heavy (non-hydrogen) atoms. The highest BCUT2D eigenvalue weighted by Gasteiger charge is 2.41. The highest BCUT2D eigenvalue weighted by molar-refractivity contribution is 5.92. The molecule has 4 heteroatoms. The molecule has 0 aliphatic heterocycles. The first kappa shape index (κ1) is 13.2. The first-order chi connectivity index (χ1) is 9.58. The predicted molar refractivity (Wildman–Crippen MR) is 78.0 cm³/mol. The van der Waals surface area contributed by atoms with Crippen molar-refractivity contribution >= 4 is 17.0 Å². The quantitative estimate of drug-likeness (QED) is 0.906. The summed E-state index contributed by atoms with van der Waals surface area (Å²) >= 11 is 0. The number of carbonyl (C=O) groups is 1. The van der Waals surface area contributed by atoms with Crippen LogP contribution in [0.3, 0.4) is 0 Å². The highest BCUT2D eigenvalue weighted by Crippen LogP contribution is 2.50. The van der Waals surface area contributed by atoms with Gasteiger partial charge in [0.1, 0.15) is 5.82 Å². The molecule has 1 aliphatic carbocycles. The number of imidazole rings is 1. The molecule has 0 saturated heterocycles. The van der Waals surface area contributed by atoms with Crippen LogP contribution in [0.1, 0.15) is 49.3 Å². The van der Waals surface area contributed by atoms with E-state index >= 15 is 0 Å². The number of aromatic nitrogens is 2. The van der Waals surface area contributed by atoms with E-state index in [1.54, 1.807) is 12.1 Å². The summed E-state index contributed by atoms with van der Waals surface area (Å²) in [5.74, 6) is 0.177. The fourth-order valence-electron chi connectivity index (χ4n) is 2.89. The Kier molecular flexibility index (Phi) is 3.04. The average Bonchev–Trinajstić information content (AvgIpc) is 3.14. The standard InChI is InChI=1S/C16H20N2O2/c1-3-14-17-12-6-5-11(15(19)20)9-13(12)18(14)10-16(4-2)7-8-16/h5-6,9H,3-4,7-8,10H2,1-2H3,(H,19,20). The Morgan fingerprint density at radius 1 is 1.40 bits per heavy atom. The maximum atomic E-state index is 11.2. The van der Waals surface area contributed by atoms with Gasteiger partial charge in [-0.1, -0.05) is 13.8 Å². The molecule has 1 aromatic heterocycles. The monoisotopic (exact) mass is 272 g/mol. The summed E-state index contributed by atoms with van der Waals surface area (Å²) in [5.41, 5.74) is 2.61. The van der Waals surface area contributed by atoms with Crippen LogP contribution in [0.5, 0.6) is 0 Å². The zero-order valence-electron chi connectivity index (χ0n) is 12.0. The summed E-state index contributed by atoms with van der Waals surface area (Å²) in [4.78, 5) is 15.8. The van der Waals surface area contributed by atoms with Crippen molar-refractivity contribution in [3.05, 3.63) is 29.6 Å². The number of carboxylic acids is 1. The highest BCUT2D eigenvalue weighted by atomic mass is 16.4. The van der Waals surface area contributed by atoms with E-state index in [4.69, 9.17) is 5.11 Å². The van der Waals surface area contributed by atoms with Crippen molar-refractivity contribution in [1.82, 2.24) is 9.55 Å². The van der Waals surface area contributed by atoms with Crippen LogP contribution in [0.25, 0.3) is 11.0 Å². The van der Waals surface area contributed by atoms with Gasteiger partial charge >= 0.3 is 5.97 Å². The Morgan fingerprint density at radius 2 is 2.15 bits per heavy atom. The van der Waals surface area contributed by atoms with Gasteiger partial charge in [-0.2, -0.15) is 0 Å². The minimum absolute atomic E-state index is 0.336. The SMILES string of the molecule is CCc1nc2ccc(C(=O)O)cc2n1CC1(CC)CC1. The van der Waals surface area contributed by atoms with Crippen LogP contribution in [0.4, 0.5) is 0 Å². The van der Waals surface area contributed by atoms with Crippen molar-refractivity contribution in [2.75, 3.05) is 0 Å². The number of carboxylic acid groups (broad SMARTS) is 1. The van der Waals surface area contributed by atoms with Gasteiger partial charge in [-0.05, 0) is 42.9 Å². The topological polar surface area (TPSA) is 55.1 Å². The fraction of sp³-hybridized carbons (Fsp3) is 0.500. The molecule has 0 atom stereocenters. The lowest BCUT2D eigenvalue weighted by Crippen LogP contribution is -2.13. The Labute approximate surface area is 118 Å². The van der Waals surface area contributed by atoms with E-state index in [2.05, 4.69) is 23.4 Å². The van der Waals surface area contributed by atoms with Crippen LogP contribution >= 0.6 is 0 Å². The second kappa shape index (κ2) is 4.62. The van der Waals surface area contributed by atoms with Gasteiger partial charge in [-0.15, -0.1) is 0 Å². The molecular weight excluding hydrogens is 252 g/mol. The number of fused-ring (bicyclic) bond motifs is 1. The van der Waals surface area contributed by atoms with Crippen LogP contribution in [0, 0.1) is 5.41 Å². The van der Waals surface area contributed by atoms with Gasteiger partial charge in [-0.25, -0.2) is 9.78 Å². The first-order valence-corrected chi connectivity index (χ1v) is 7.31. The van der Waals surface area contributed by atoms with Crippen molar-refractivity contribution in [3.63, 3.8) is 0 Å². The third-order valence-electron chi connectivity index (χ3n) is 4.59. The van der Waals surface area contributed by atoms with Crippen LogP contribution in [-0.2, 0) is 13.0 Å². The van der Waals surface area contributed by atoms with E-state index in [0.29, 0.717) is 11.0 Å². The maximum Gasteiger partial charge on any atom is 0.335 e.